The summed E-state index contributed by atoms with van der Waals surface area (Å²) in [6, 6.07) is 1.19. The van der Waals surface area contributed by atoms with E-state index in [4.69, 9.17) is 0 Å². The summed E-state index contributed by atoms with van der Waals surface area (Å²) in [4.78, 5) is 28.1. The Morgan fingerprint density at radius 1 is 1.50 bits per heavy atom. The van der Waals surface area contributed by atoms with Gasteiger partial charge in [-0.15, -0.1) is 0 Å². The molecule has 2 heterocycles. The Morgan fingerprint density at radius 3 is 2.82 bits per heavy atom. The SMILES string of the molecule is Cc1ncc([N+](=O)[O-])cc1C(=O)N1CCS(=O)(=O)CC(C)C1. The van der Waals surface area contributed by atoms with Gasteiger partial charge < -0.3 is 4.90 Å². The van der Waals surface area contributed by atoms with Crippen LogP contribution in [0, 0.1) is 23.0 Å². The third-order valence-electron chi connectivity index (χ3n) is 3.54. The Balaban J connectivity index is 2.31. The van der Waals surface area contributed by atoms with Crippen molar-refractivity contribution >= 4 is 21.4 Å². The van der Waals surface area contributed by atoms with E-state index in [0.29, 0.717) is 12.2 Å². The minimum Gasteiger partial charge on any atom is -0.337 e. The molecule has 1 fully saturated rings. The molecule has 0 aromatic carbocycles. The quantitative estimate of drug-likeness (QED) is 0.587. The first-order chi connectivity index (χ1) is 10.2. The van der Waals surface area contributed by atoms with Crippen LogP contribution in [0.25, 0.3) is 0 Å². The zero-order chi connectivity index (χ0) is 16.5. The predicted octanol–water partition coefficient (Wildman–Crippen LogP) is 0.805. The Hall–Kier alpha value is -2.03. The zero-order valence-corrected chi connectivity index (χ0v) is 13.2. The van der Waals surface area contributed by atoms with Crippen LogP contribution in [-0.4, -0.2) is 53.7 Å². The van der Waals surface area contributed by atoms with Gasteiger partial charge in [-0.05, 0) is 12.8 Å². The lowest BCUT2D eigenvalue weighted by molar-refractivity contribution is -0.385. The summed E-state index contributed by atoms with van der Waals surface area (Å²) in [5, 5.41) is 10.8. The number of amides is 1. The van der Waals surface area contributed by atoms with Crippen LogP contribution in [-0.2, 0) is 9.84 Å². The van der Waals surface area contributed by atoms with Gasteiger partial charge in [-0.1, -0.05) is 6.92 Å². The number of rotatable bonds is 2. The number of aryl methyl sites for hydroxylation is 1. The van der Waals surface area contributed by atoms with Gasteiger partial charge in [0.15, 0.2) is 9.84 Å². The van der Waals surface area contributed by atoms with Gasteiger partial charge in [0.25, 0.3) is 11.6 Å². The van der Waals surface area contributed by atoms with E-state index in [1.165, 1.54) is 11.0 Å². The first-order valence-electron chi connectivity index (χ1n) is 6.80. The predicted molar refractivity (Wildman–Crippen MR) is 79.3 cm³/mol. The molecule has 0 saturated carbocycles. The number of nitro groups is 1. The van der Waals surface area contributed by atoms with Gasteiger partial charge in [0.1, 0.15) is 6.20 Å². The first-order valence-corrected chi connectivity index (χ1v) is 8.62. The molecule has 0 aliphatic carbocycles. The van der Waals surface area contributed by atoms with E-state index in [-0.39, 0.29) is 35.2 Å². The highest BCUT2D eigenvalue weighted by molar-refractivity contribution is 7.91. The molecule has 0 spiro atoms. The lowest BCUT2D eigenvalue weighted by Gasteiger charge is -2.22. The Morgan fingerprint density at radius 2 is 2.18 bits per heavy atom. The van der Waals surface area contributed by atoms with Crippen molar-refractivity contribution in [2.24, 2.45) is 5.92 Å². The van der Waals surface area contributed by atoms with Crippen LogP contribution in [0.2, 0.25) is 0 Å². The fourth-order valence-electron chi connectivity index (χ4n) is 2.48. The topological polar surface area (TPSA) is 110 Å². The molecule has 1 aromatic heterocycles. The Bertz CT molecular complexity index is 716. The van der Waals surface area contributed by atoms with Crippen molar-refractivity contribution in [1.82, 2.24) is 9.88 Å². The molecular formula is C13H17N3O5S. The van der Waals surface area contributed by atoms with Gasteiger partial charge in [0.2, 0.25) is 0 Å². The molecule has 22 heavy (non-hydrogen) atoms. The van der Waals surface area contributed by atoms with Crippen molar-refractivity contribution in [2.75, 3.05) is 24.6 Å². The molecule has 0 radical (unpaired) electrons. The molecule has 1 aliphatic rings. The lowest BCUT2D eigenvalue weighted by atomic mass is 10.1. The summed E-state index contributed by atoms with van der Waals surface area (Å²) >= 11 is 0. The van der Waals surface area contributed by atoms with Crippen LogP contribution in [0.5, 0.6) is 0 Å². The molecule has 1 aromatic rings. The molecule has 1 aliphatic heterocycles. The summed E-state index contributed by atoms with van der Waals surface area (Å²) in [6.45, 7) is 3.75. The monoisotopic (exact) mass is 327 g/mol. The average molecular weight is 327 g/mol. The van der Waals surface area contributed by atoms with E-state index in [9.17, 15) is 23.3 Å². The summed E-state index contributed by atoms with van der Waals surface area (Å²) in [7, 11) is -3.17. The van der Waals surface area contributed by atoms with Crippen molar-refractivity contribution in [2.45, 2.75) is 13.8 Å². The van der Waals surface area contributed by atoms with Crippen molar-refractivity contribution < 1.29 is 18.1 Å². The maximum atomic E-state index is 12.6. The fraction of sp³-hybridized carbons (Fsp3) is 0.538. The van der Waals surface area contributed by atoms with Gasteiger partial charge in [0, 0.05) is 19.2 Å². The van der Waals surface area contributed by atoms with Crippen molar-refractivity contribution in [1.29, 1.82) is 0 Å². The summed E-state index contributed by atoms with van der Waals surface area (Å²) in [5.74, 6) is -0.644. The van der Waals surface area contributed by atoms with Gasteiger partial charge in [-0.25, -0.2) is 8.42 Å². The summed E-state index contributed by atoms with van der Waals surface area (Å²) in [6.07, 6.45) is 1.10. The fourth-order valence-corrected chi connectivity index (χ4v) is 4.12. The molecule has 8 nitrogen and oxygen atoms in total. The molecule has 1 saturated heterocycles. The number of hydrogen-bond acceptors (Lipinski definition) is 6. The summed E-state index contributed by atoms with van der Waals surface area (Å²) < 4.78 is 23.5. The number of carbonyl (C=O) groups is 1. The number of nitrogens with zero attached hydrogens (tertiary/aromatic N) is 3. The van der Waals surface area contributed by atoms with E-state index < -0.39 is 20.7 Å². The van der Waals surface area contributed by atoms with Crippen molar-refractivity contribution in [3.63, 3.8) is 0 Å². The number of pyridine rings is 1. The van der Waals surface area contributed by atoms with Gasteiger partial charge in [0.05, 0.1) is 27.7 Å². The maximum absolute atomic E-state index is 12.6. The van der Waals surface area contributed by atoms with Gasteiger partial charge in [-0.3, -0.25) is 19.9 Å². The minimum atomic E-state index is -3.17. The standard InChI is InChI=1S/C13H17N3O5S/c1-9-7-15(3-4-22(20,21)8-9)13(17)12-5-11(16(18)19)6-14-10(12)2/h5-6,9H,3-4,7-8H2,1-2H3. The van der Waals surface area contributed by atoms with E-state index in [2.05, 4.69) is 4.98 Å². The molecule has 0 N–H and O–H groups in total. The molecule has 1 atom stereocenters. The normalized spacial score (nSPS) is 21.2. The van der Waals surface area contributed by atoms with Crippen LogP contribution < -0.4 is 0 Å². The third-order valence-corrected chi connectivity index (χ3v) is 5.43. The van der Waals surface area contributed by atoms with Gasteiger partial charge in [-0.2, -0.15) is 0 Å². The number of carbonyl (C=O) groups excluding carboxylic acids is 1. The second-order valence-electron chi connectivity index (χ2n) is 5.55. The van der Waals surface area contributed by atoms with E-state index in [1.807, 2.05) is 0 Å². The molecule has 120 valence electrons. The van der Waals surface area contributed by atoms with Crippen LogP contribution in [0.3, 0.4) is 0 Å². The highest BCUT2D eigenvalue weighted by Gasteiger charge is 2.29. The second kappa shape index (κ2) is 5.99. The van der Waals surface area contributed by atoms with Crippen LogP contribution >= 0.6 is 0 Å². The van der Waals surface area contributed by atoms with Gasteiger partial charge >= 0.3 is 0 Å². The van der Waals surface area contributed by atoms with E-state index in [1.54, 1.807) is 13.8 Å². The zero-order valence-electron chi connectivity index (χ0n) is 12.4. The van der Waals surface area contributed by atoms with E-state index in [0.717, 1.165) is 6.20 Å². The maximum Gasteiger partial charge on any atom is 0.288 e. The molecule has 1 amide bonds. The third kappa shape index (κ3) is 3.59. The second-order valence-corrected chi connectivity index (χ2v) is 7.78. The number of hydrogen-bond donors (Lipinski definition) is 0. The largest absolute Gasteiger partial charge is 0.337 e. The van der Waals surface area contributed by atoms with Crippen molar-refractivity contribution in [3.8, 4) is 0 Å². The highest BCUT2D eigenvalue weighted by Crippen LogP contribution is 2.19. The number of sulfone groups is 1. The van der Waals surface area contributed by atoms with Crippen LogP contribution in [0.1, 0.15) is 23.0 Å². The molecule has 1 unspecified atom stereocenters. The highest BCUT2D eigenvalue weighted by atomic mass is 32.2. The number of aromatic nitrogens is 1. The Kier molecular flexibility index (Phi) is 4.45. The Labute approximate surface area is 128 Å². The van der Waals surface area contributed by atoms with Crippen LogP contribution in [0.15, 0.2) is 12.3 Å². The molecule has 9 heteroatoms. The lowest BCUT2D eigenvalue weighted by Crippen LogP contribution is -2.36. The average Bonchev–Trinajstić information content (AvgIpc) is 2.55. The smallest absolute Gasteiger partial charge is 0.288 e. The van der Waals surface area contributed by atoms with Crippen molar-refractivity contribution in [3.05, 3.63) is 33.6 Å². The molecule has 0 bridgehead atoms. The molecule has 2 rings (SSSR count). The minimum absolute atomic E-state index is 0.0446. The molecular weight excluding hydrogens is 310 g/mol. The first kappa shape index (κ1) is 16.3. The summed E-state index contributed by atoms with van der Waals surface area (Å²) in [5.41, 5.74) is 0.264. The van der Waals surface area contributed by atoms with E-state index >= 15 is 0 Å². The van der Waals surface area contributed by atoms with Crippen LogP contribution in [0.4, 0.5) is 5.69 Å².